The van der Waals surface area contributed by atoms with Crippen molar-refractivity contribution in [2.75, 3.05) is 13.2 Å². The first kappa shape index (κ1) is 14.5. The molecule has 0 radical (unpaired) electrons. The number of thiophene rings is 1. The fourth-order valence-electron chi connectivity index (χ4n) is 2.44. The van der Waals surface area contributed by atoms with Crippen LogP contribution in [0.4, 0.5) is 0 Å². The predicted molar refractivity (Wildman–Crippen MR) is 80.0 cm³/mol. The maximum Gasteiger partial charge on any atom is 0.253 e. The summed E-state index contributed by atoms with van der Waals surface area (Å²) in [6.45, 7) is 0.887. The van der Waals surface area contributed by atoms with Crippen molar-refractivity contribution in [2.24, 2.45) is 11.8 Å². The highest BCUT2D eigenvalue weighted by atomic mass is 79.9. The third-order valence-corrected chi connectivity index (χ3v) is 5.82. The highest BCUT2D eigenvalue weighted by molar-refractivity contribution is 9.12. The molecule has 2 N–H and O–H groups in total. The van der Waals surface area contributed by atoms with Crippen molar-refractivity contribution in [1.82, 2.24) is 5.32 Å². The summed E-state index contributed by atoms with van der Waals surface area (Å²) < 4.78 is 1.78. The first-order chi connectivity index (χ1) is 8.61. The molecule has 1 aromatic rings. The molecule has 1 fully saturated rings. The molecule has 100 valence electrons. The molecular formula is C12H15Br2NO2S. The zero-order valence-electron chi connectivity index (χ0n) is 9.79. The van der Waals surface area contributed by atoms with Gasteiger partial charge in [0, 0.05) is 13.2 Å². The van der Waals surface area contributed by atoms with Crippen molar-refractivity contribution >= 4 is 49.1 Å². The van der Waals surface area contributed by atoms with Gasteiger partial charge in [0.25, 0.3) is 5.91 Å². The molecule has 1 aromatic heterocycles. The van der Waals surface area contributed by atoms with Gasteiger partial charge in [0.2, 0.25) is 0 Å². The number of aliphatic hydroxyl groups excluding tert-OH is 1. The van der Waals surface area contributed by atoms with E-state index in [4.69, 9.17) is 0 Å². The van der Waals surface area contributed by atoms with Crippen molar-refractivity contribution in [2.45, 2.75) is 19.3 Å². The largest absolute Gasteiger partial charge is 0.396 e. The molecule has 1 amide bonds. The highest BCUT2D eigenvalue weighted by Gasteiger charge is 2.27. The third kappa shape index (κ3) is 3.35. The average Bonchev–Trinajstić information content (AvgIpc) is 2.92. The molecule has 1 aliphatic carbocycles. The van der Waals surface area contributed by atoms with E-state index in [0.717, 1.165) is 26.8 Å². The van der Waals surface area contributed by atoms with Gasteiger partial charge in [-0.1, -0.05) is 6.42 Å². The number of nitrogens with one attached hydrogen (secondary N) is 1. The van der Waals surface area contributed by atoms with E-state index in [1.165, 1.54) is 11.3 Å². The molecule has 1 aliphatic rings. The van der Waals surface area contributed by atoms with Gasteiger partial charge in [0.15, 0.2) is 0 Å². The summed E-state index contributed by atoms with van der Waals surface area (Å²) in [5.41, 5.74) is 0.672. The topological polar surface area (TPSA) is 49.3 Å². The second-order valence-electron chi connectivity index (χ2n) is 4.58. The Labute approximate surface area is 127 Å². The molecule has 2 atom stereocenters. The van der Waals surface area contributed by atoms with Gasteiger partial charge in [-0.05, 0) is 62.6 Å². The molecule has 2 rings (SSSR count). The first-order valence-corrected chi connectivity index (χ1v) is 8.36. The van der Waals surface area contributed by atoms with E-state index in [9.17, 15) is 9.90 Å². The molecule has 3 nitrogen and oxygen atoms in total. The van der Waals surface area contributed by atoms with Gasteiger partial charge in [0.05, 0.1) is 13.1 Å². The van der Waals surface area contributed by atoms with Crippen LogP contribution in [0.2, 0.25) is 0 Å². The second kappa shape index (κ2) is 6.50. The number of carbonyl (C=O) groups excluding carboxylic acids is 1. The molecule has 2 unspecified atom stereocenters. The maximum absolute atomic E-state index is 12.0. The van der Waals surface area contributed by atoms with Gasteiger partial charge in [0.1, 0.15) is 0 Å². The van der Waals surface area contributed by atoms with Crippen LogP contribution < -0.4 is 5.32 Å². The quantitative estimate of drug-likeness (QED) is 0.819. The van der Waals surface area contributed by atoms with Crippen LogP contribution in [0.15, 0.2) is 13.6 Å². The molecule has 0 bridgehead atoms. The summed E-state index contributed by atoms with van der Waals surface area (Å²) >= 11 is 8.24. The number of hydrogen-bond donors (Lipinski definition) is 2. The van der Waals surface area contributed by atoms with Gasteiger partial charge in [-0.3, -0.25) is 4.79 Å². The van der Waals surface area contributed by atoms with Crippen LogP contribution in [0, 0.1) is 11.8 Å². The van der Waals surface area contributed by atoms with E-state index >= 15 is 0 Å². The Hall–Kier alpha value is 0.0900. The summed E-state index contributed by atoms with van der Waals surface area (Å²) in [6, 6.07) is 1.82. The third-order valence-electron chi connectivity index (χ3n) is 3.48. The minimum atomic E-state index is -0.0487. The molecule has 0 saturated heterocycles. The predicted octanol–water partition coefficient (Wildman–Crippen LogP) is 3.41. The zero-order valence-corrected chi connectivity index (χ0v) is 13.8. The van der Waals surface area contributed by atoms with Gasteiger partial charge in [-0.15, -0.1) is 11.3 Å². The Morgan fingerprint density at radius 3 is 2.78 bits per heavy atom. The van der Waals surface area contributed by atoms with Crippen molar-refractivity contribution in [3.63, 3.8) is 0 Å². The number of aliphatic hydroxyl groups is 1. The fraction of sp³-hybridized carbons (Fsp3) is 0.583. The maximum atomic E-state index is 12.0. The Morgan fingerprint density at radius 1 is 1.44 bits per heavy atom. The minimum absolute atomic E-state index is 0.0487. The smallest absolute Gasteiger partial charge is 0.253 e. The van der Waals surface area contributed by atoms with Crippen molar-refractivity contribution < 1.29 is 9.90 Å². The van der Waals surface area contributed by atoms with Crippen LogP contribution in [0.3, 0.4) is 0 Å². The number of rotatable bonds is 4. The van der Waals surface area contributed by atoms with Crippen molar-refractivity contribution in [3.8, 4) is 0 Å². The van der Waals surface area contributed by atoms with Crippen LogP contribution in [0.1, 0.15) is 29.6 Å². The molecule has 0 aromatic carbocycles. The molecular weight excluding hydrogens is 382 g/mol. The standard InChI is InChI=1S/C12H15Br2NO2S/c13-10-4-9(11(14)18-10)12(17)15-5-7-2-1-3-8(7)6-16/h4,7-8,16H,1-3,5-6H2,(H,15,17). The van der Waals surface area contributed by atoms with Crippen LogP contribution in [-0.2, 0) is 0 Å². The van der Waals surface area contributed by atoms with Gasteiger partial charge in [-0.2, -0.15) is 0 Å². The average molecular weight is 397 g/mol. The zero-order chi connectivity index (χ0) is 13.1. The van der Waals surface area contributed by atoms with E-state index in [1.54, 1.807) is 0 Å². The normalized spacial score (nSPS) is 23.3. The molecule has 18 heavy (non-hydrogen) atoms. The summed E-state index contributed by atoms with van der Waals surface area (Å²) in [5, 5.41) is 12.2. The lowest BCUT2D eigenvalue weighted by Gasteiger charge is -2.17. The highest BCUT2D eigenvalue weighted by Crippen LogP contribution is 2.33. The summed E-state index contributed by atoms with van der Waals surface area (Å²) in [4.78, 5) is 12.0. The first-order valence-electron chi connectivity index (χ1n) is 5.95. The van der Waals surface area contributed by atoms with Crippen LogP contribution in [-0.4, -0.2) is 24.2 Å². The van der Waals surface area contributed by atoms with E-state index < -0.39 is 0 Å². The molecule has 6 heteroatoms. The second-order valence-corrected chi connectivity index (χ2v) is 8.33. The van der Waals surface area contributed by atoms with Crippen LogP contribution in [0.25, 0.3) is 0 Å². The van der Waals surface area contributed by atoms with Crippen LogP contribution >= 0.6 is 43.2 Å². The van der Waals surface area contributed by atoms with E-state index in [1.807, 2.05) is 6.07 Å². The van der Waals surface area contributed by atoms with Gasteiger partial charge in [-0.25, -0.2) is 0 Å². The Morgan fingerprint density at radius 2 is 2.17 bits per heavy atom. The Bertz CT molecular complexity index is 436. The number of carbonyl (C=O) groups is 1. The lowest BCUT2D eigenvalue weighted by atomic mass is 9.97. The van der Waals surface area contributed by atoms with Crippen LogP contribution in [0.5, 0.6) is 0 Å². The van der Waals surface area contributed by atoms with E-state index in [0.29, 0.717) is 23.9 Å². The Kier molecular flexibility index (Phi) is 5.24. The summed E-state index contributed by atoms with van der Waals surface area (Å²) in [7, 11) is 0. The fourth-order valence-corrected chi connectivity index (χ4v) is 5.23. The molecule has 0 spiro atoms. The lowest BCUT2D eigenvalue weighted by Crippen LogP contribution is -2.31. The van der Waals surface area contributed by atoms with Crippen molar-refractivity contribution in [1.29, 1.82) is 0 Å². The SMILES string of the molecule is O=C(NCC1CCCC1CO)c1cc(Br)sc1Br. The number of hydrogen-bond acceptors (Lipinski definition) is 3. The van der Waals surface area contributed by atoms with Gasteiger partial charge >= 0.3 is 0 Å². The Balaban J connectivity index is 1.90. The molecule has 0 aliphatic heterocycles. The van der Waals surface area contributed by atoms with Gasteiger partial charge < -0.3 is 10.4 Å². The van der Waals surface area contributed by atoms with Crippen molar-refractivity contribution in [3.05, 3.63) is 19.2 Å². The number of halogens is 2. The van der Waals surface area contributed by atoms with E-state index in [-0.39, 0.29) is 12.5 Å². The number of amides is 1. The molecule has 1 saturated carbocycles. The summed E-state index contributed by atoms with van der Waals surface area (Å²) in [5.74, 6) is 0.718. The van der Waals surface area contributed by atoms with E-state index in [2.05, 4.69) is 37.2 Å². The summed E-state index contributed by atoms with van der Waals surface area (Å²) in [6.07, 6.45) is 3.32. The minimum Gasteiger partial charge on any atom is -0.396 e. The lowest BCUT2D eigenvalue weighted by molar-refractivity contribution is 0.0937. The molecule has 1 heterocycles. The monoisotopic (exact) mass is 395 g/mol.